The molecular weight excluding hydrogens is 346 g/mol. The number of thiophene rings is 1. The van der Waals surface area contributed by atoms with Gasteiger partial charge in [0.05, 0.1) is 5.39 Å². The quantitative estimate of drug-likeness (QED) is 0.759. The Morgan fingerprint density at radius 2 is 2.04 bits per heavy atom. The number of likely N-dealkylation sites (tertiary alicyclic amines) is 1. The number of furan rings is 1. The number of nitrogens with zero attached hydrogens (tertiary/aromatic N) is 3. The fourth-order valence-electron chi connectivity index (χ4n) is 2.99. The van der Waals surface area contributed by atoms with Gasteiger partial charge in [0, 0.05) is 37.4 Å². The van der Waals surface area contributed by atoms with E-state index < -0.39 is 5.92 Å². The molecule has 0 aromatic carbocycles. The molecule has 2 N–H and O–H groups in total. The largest absolute Gasteiger partial charge is 0.458 e. The summed E-state index contributed by atoms with van der Waals surface area (Å²) in [6, 6.07) is 5.63. The van der Waals surface area contributed by atoms with Crippen LogP contribution in [0, 0.1) is 6.92 Å². The van der Waals surface area contributed by atoms with Crippen molar-refractivity contribution in [2.75, 3.05) is 18.8 Å². The van der Waals surface area contributed by atoms with E-state index in [2.05, 4.69) is 9.97 Å². The number of rotatable bonds is 3. The van der Waals surface area contributed by atoms with E-state index in [9.17, 15) is 8.78 Å². The molecule has 5 nitrogen and oxygen atoms in total. The molecule has 0 spiro atoms. The molecule has 3 aromatic rings. The van der Waals surface area contributed by atoms with Gasteiger partial charge in [-0.05, 0) is 25.1 Å². The van der Waals surface area contributed by atoms with Crippen molar-refractivity contribution in [1.29, 1.82) is 0 Å². The average Bonchev–Trinajstić information content (AvgIpc) is 3.15. The Morgan fingerprint density at radius 3 is 2.72 bits per heavy atom. The van der Waals surface area contributed by atoms with Gasteiger partial charge in [-0.2, -0.15) is 0 Å². The zero-order valence-electron chi connectivity index (χ0n) is 13.8. The van der Waals surface area contributed by atoms with Gasteiger partial charge >= 0.3 is 0 Å². The predicted molar refractivity (Wildman–Crippen MR) is 93.7 cm³/mol. The van der Waals surface area contributed by atoms with Crippen molar-refractivity contribution in [3.8, 4) is 11.6 Å². The van der Waals surface area contributed by atoms with Crippen LogP contribution < -0.4 is 5.73 Å². The van der Waals surface area contributed by atoms with Gasteiger partial charge in [0.2, 0.25) is 0 Å². The standard InChI is InChI=1S/C17H18F2N4OS/c1-10-2-3-13(24-10)15-21-14(20)12-8-11(25-16(12)22-15)9-23-6-4-17(18,19)5-7-23/h2-3,8H,4-7,9H2,1H3,(H2,20,21,22). The molecule has 1 saturated heterocycles. The number of anilines is 1. The lowest BCUT2D eigenvalue weighted by atomic mass is 10.1. The first-order valence-electron chi connectivity index (χ1n) is 8.12. The summed E-state index contributed by atoms with van der Waals surface area (Å²) in [6.07, 6.45) is -0.163. The lowest BCUT2D eigenvalue weighted by Crippen LogP contribution is -2.38. The molecule has 132 valence electrons. The predicted octanol–water partition coefficient (Wildman–Crippen LogP) is 4.07. The van der Waals surface area contributed by atoms with Crippen molar-refractivity contribution < 1.29 is 13.2 Å². The van der Waals surface area contributed by atoms with E-state index in [0.717, 1.165) is 20.9 Å². The molecule has 0 radical (unpaired) electrons. The highest BCUT2D eigenvalue weighted by atomic mass is 32.1. The van der Waals surface area contributed by atoms with Crippen LogP contribution in [0.25, 0.3) is 21.8 Å². The van der Waals surface area contributed by atoms with Crippen LogP contribution in [-0.4, -0.2) is 33.9 Å². The topological polar surface area (TPSA) is 68.2 Å². The van der Waals surface area contributed by atoms with E-state index in [-0.39, 0.29) is 12.8 Å². The Kier molecular flexibility index (Phi) is 3.96. The van der Waals surface area contributed by atoms with E-state index in [1.807, 2.05) is 30.0 Å². The summed E-state index contributed by atoms with van der Waals surface area (Å²) in [5.74, 6) is -0.293. The third-order valence-electron chi connectivity index (χ3n) is 4.40. The lowest BCUT2D eigenvalue weighted by molar-refractivity contribution is -0.0564. The monoisotopic (exact) mass is 364 g/mol. The first-order valence-corrected chi connectivity index (χ1v) is 8.94. The fourth-order valence-corrected chi connectivity index (χ4v) is 4.07. The molecule has 4 rings (SSSR count). The number of hydrogen-bond donors (Lipinski definition) is 1. The SMILES string of the molecule is Cc1ccc(-c2nc(N)c3cc(CN4CCC(F)(F)CC4)sc3n2)o1. The minimum atomic E-state index is -2.53. The van der Waals surface area contributed by atoms with E-state index in [4.69, 9.17) is 10.2 Å². The second-order valence-corrected chi connectivity index (χ2v) is 7.52. The molecule has 8 heteroatoms. The molecule has 1 aliphatic heterocycles. The summed E-state index contributed by atoms with van der Waals surface area (Å²) in [7, 11) is 0. The Hall–Kier alpha value is -2.06. The number of nitrogens with two attached hydrogens (primary N) is 1. The maximum absolute atomic E-state index is 13.3. The second-order valence-electron chi connectivity index (χ2n) is 6.41. The van der Waals surface area contributed by atoms with Gasteiger partial charge in [0.25, 0.3) is 5.92 Å². The Labute approximate surface area is 147 Å². The maximum atomic E-state index is 13.3. The van der Waals surface area contributed by atoms with Crippen LogP contribution in [0.1, 0.15) is 23.5 Å². The number of piperidine rings is 1. The van der Waals surface area contributed by atoms with Gasteiger partial charge in [-0.1, -0.05) is 0 Å². The molecule has 0 amide bonds. The molecule has 0 bridgehead atoms. The molecule has 3 aromatic heterocycles. The fraction of sp³-hybridized carbons (Fsp3) is 0.412. The lowest BCUT2D eigenvalue weighted by Gasteiger charge is -2.31. The highest BCUT2D eigenvalue weighted by Gasteiger charge is 2.34. The Morgan fingerprint density at radius 1 is 1.28 bits per heavy atom. The van der Waals surface area contributed by atoms with E-state index in [1.165, 1.54) is 11.3 Å². The van der Waals surface area contributed by atoms with Crippen molar-refractivity contribution in [1.82, 2.24) is 14.9 Å². The number of alkyl halides is 2. The van der Waals surface area contributed by atoms with E-state index >= 15 is 0 Å². The van der Waals surface area contributed by atoms with Crippen LogP contribution in [0.4, 0.5) is 14.6 Å². The van der Waals surface area contributed by atoms with Gasteiger partial charge in [0.15, 0.2) is 11.6 Å². The summed E-state index contributed by atoms with van der Waals surface area (Å²) < 4.78 is 32.1. The number of nitrogen functional groups attached to an aromatic ring is 1. The Balaban J connectivity index is 1.59. The average molecular weight is 364 g/mol. The second kappa shape index (κ2) is 6.03. The van der Waals surface area contributed by atoms with Crippen LogP contribution >= 0.6 is 11.3 Å². The van der Waals surface area contributed by atoms with Crippen molar-refractivity contribution >= 4 is 27.4 Å². The molecule has 0 unspecified atom stereocenters. The smallest absolute Gasteiger partial charge is 0.250 e. The molecule has 0 atom stereocenters. The summed E-state index contributed by atoms with van der Waals surface area (Å²) in [5.41, 5.74) is 6.08. The van der Waals surface area contributed by atoms with Crippen molar-refractivity contribution in [3.05, 3.63) is 28.8 Å². The number of fused-ring (bicyclic) bond motifs is 1. The summed E-state index contributed by atoms with van der Waals surface area (Å²) in [4.78, 5) is 12.8. The molecule has 4 heterocycles. The molecule has 0 aliphatic carbocycles. The van der Waals surface area contributed by atoms with Crippen LogP contribution in [0.2, 0.25) is 0 Å². The van der Waals surface area contributed by atoms with Crippen LogP contribution in [0.5, 0.6) is 0 Å². The third kappa shape index (κ3) is 3.36. The normalized spacial score (nSPS) is 18.0. The minimum absolute atomic E-state index is 0.0815. The molecule has 1 fully saturated rings. The summed E-state index contributed by atoms with van der Waals surface area (Å²) >= 11 is 1.52. The van der Waals surface area contributed by atoms with Crippen molar-refractivity contribution in [3.63, 3.8) is 0 Å². The van der Waals surface area contributed by atoms with Gasteiger partial charge < -0.3 is 10.2 Å². The first-order chi connectivity index (χ1) is 11.9. The zero-order chi connectivity index (χ0) is 17.6. The van der Waals surface area contributed by atoms with E-state index in [0.29, 0.717) is 37.0 Å². The summed E-state index contributed by atoms with van der Waals surface area (Å²) in [6.45, 7) is 3.29. The van der Waals surface area contributed by atoms with E-state index in [1.54, 1.807) is 0 Å². The third-order valence-corrected chi connectivity index (χ3v) is 5.41. The van der Waals surface area contributed by atoms with Crippen molar-refractivity contribution in [2.24, 2.45) is 0 Å². The van der Waals surface area contributed by atoms with Crippen LogP contribution in [0.15, 0.2) is 22.6 Å². The highest BCUT2D eigenvalue weighted by Crippen LogP contribution is 2.33. The number of halogens is 2. The molecule has 0 saturated carbocycles. The number of aromatic nitrogens is 2. The minimum Gasteiger partial charge on any atom is -0.458 e. The summed E-state index contributed by atoms with van der Waals surface area (Å²) in [5, 5.41) is 0.800. The Bertz CT molecular complexity index is 911. The highest BCUT2D eigenvalue weighted by molar-refractivity contribution is 7.18. The maximum Gasteiger partial charge on any atom is 0.250 e. The zero-order valence-corrected chi connectivity index (χ0v) is 14.6. The number of hydrogen-bond acceptors (Lipinski definition) is 6. The van der Waals surface area contributed by atoms with Crippen LogP contribution in [-0.2, 0) is 6.54 Å². The molecule has 1 aliphatic rings. The van der Waals surface area contributed by atoms with Gasteiger partial charge in [-0.15, -0.1) is 11.3 Å². The molecule has 25 heavy (non-hydrogen) atoms. The van der Waals surface area contributed by atoms with Gasteiger partial charge in [-0.3, -0.25) is 4.90 Å². The first kappa shape index (κ1) is 16.4. The number of aryl methyl sites for hydroxylation is 1. The molecular formula is C17H18F2N4OS. The van der Waals surface area contributed by atoms with Gasteiger partial charge in [0.1, 0.15) is 16.4 Å². The van der Waals surface area contributed by atoms with Crippen LogP contribution in [0.3, 0.4) is 0 Å². The van der Waals surface area contributed by atoms with Gasteiger partial charge in [-0.25, -0.2) is 18.7 Å². The van der Waals surface area contributed by atoms with Crippen molar-refractivity contribution in [2.45, 2.75) is 32.2 Å².